The molecule has 1 atom stereocenters. The molecule has 2 aromatic rings. The molecule has 4 heterocycles. The number of carbonyl (C=O) groups is 1. The maximum absolute atomic E-state index is 14.1. The fraction of sp³-hybridized carbons (Fsp3) is 0.524. The van der Waals surface area contributed by atoms with Crippen molar-refractivity contribution in [2.45, 2.75) is 19.1 Å². The maximum atomic E-state index is 14.1. The first-order valence-corrected chi connectivity index (χ1v) is 10.9. The van der Waals surface area contributed by atoms with Crippen LogP contribution in [-0.2, 0) is 20.4 Å². The van der Waals surface area contributed by atoms with Crippen molar-refractivity contribution in [2.24, 2.45) is 5.73 Å². The highest BCUT2D eigenvalue weighted by Crippen LogP contribution is 2.38. The highest BCUT2D eigenvalue weighted by Gasteiger charge is 2.35. The number of ether oxygens (including phenoxy) is 2. The van der Waals surface area contributed by atoms with Gasteiger partial charge in [-0.25, -0.2) is 9.97 Å². The van der Waals surface area contributed by atoms with Gasteiger partial charge in [-0.3, -0.25) is 4.79 Å². The van der Waals surface area contributed by atoms with E-state index in [9.17, 15) is 18.0 Å². The largest absolute Gasteiger partial charge is 0.417 e. The number of alkyl halides is 3. The third-order valence-electron chi connectivity index (χ3n) is 5.48. The quantitative estimate of drug-likeness (QED) is 0.655. The highest BCUT2D eigenvalue weighted by molar-refractivity contribution is 5.93. The van der Waals surface area contributed by atoms with Gasteiger partial charge in [0.1, 0.15) is 11.6 Å². The first kappa shape index (κ1) is 24.1. The van der Waals surface area contributed by atoms with Crippen LogP contribution in [0.5, 0.6) is 0 Å². The van der Waals surface area contributed by atoms with Crippen LogP contribution in [0.15, 0.2) is 18.3 Å². The standard InChI is InChI=1S/C21H26F3N7O3/c1-13(25)19(32)28-17-10-15(21(22,23)24)14(12-26-17)16-11-18(30-2-6-33-7-3-30)29-20(27-16)31-4-8-34-9-5-31/h10-13H,2-9,25H2,1H3,(H,26,28,32)/t13-/m1/s1. The summed E-state index contributed by atoms with van der Waals surface area (Å²) >= 11 is 0. The molecule has 0 spiro atoms. The van der Waals surface area contributed by atoms with Crippen LogP contribution in [-0.4, -0.2) is 79.5 Å². The van der Waals surface area contributed by atoms with Crippen molar-refractivity contribution in [3.63, 3.8) is 0 Å². The first-order chi connectivity index (χ1) is 16.2. The molecule has 2 aromatic heterocycles. The van der Waals surface area contributed by atoms with Gasteiger partial charge in [0.05, 0.1) is 43.7 Å². The molecule has 4 rings (SSSR count). The zero-order valence-corrected chi connectivity index (χ0v) is 18.6. The molecule has 34 heavy (non-hydrogen) atoms. The second-order valence-electron chi connectivity index (χ2n) is 8.00. The number of aromatic nitrogens is 3. The van der Waals surface area contributed by atoms with Crippen molar-refractivity contribution in [3.05, 3.63) is 23.9 Å². The van der Waals surface area contributed by atoms with Crippen LogP contribution < -0.4 is 20.9 Å². The van der Waals surface area contributed by atoms with E-state index >= 15 is 0 Å². The number of nitrogens with two attached hydrogens (primary N) is 1. The summed E-state index contributed by atoms with van der Waals surface area (Å²) in [6, 6.07) is 1.42. The van der Waals surface area contributed by atoms with Crippen LogP contribution in [0.1, 0.15) is 12.5 Å². The number of nitrogens with one attached hydrogen (secondary N) is 1. The van der Waals surface area contributed by atoms with Crippen molar-refractivity contribution >= 4 is 23.5 Å². The summed E-state index contributed by atoms with van der Waals surface area (Å²) in [5.74, 6) is -0.0455. The Balaban J connectivity index is 1.78. The Morgan fingerprint density at radius 2 is 1.68 bits per heavy atom. The molecular formula is C21H26F3N7O3. The monoisotopic (exact) mass is 481 g/mol. The number of nitrogens with zero attached hydrogens (tertiary/aromatic N) is 5. The van der Waals surface area contributed by atoms with Gasteiger partial charge in [0.15, 0.2) is 0 Å². The van der Waals surface area contributed by atoms with E-state index < -0.39 is 23.7 Å². The van der Waals surface area contributed by atoms with Crippen molar-refractivity contribution in [1.82, 2.24) is 15.0 Å². The number of carbonyl (C=O) groups excluding carboxylic acids is 1. The van der Waals surface area contributed by atoms with E-state index in [1.165, 1.54) is 13.0 Å². The Labute approximate surface area is 194 Å². The van der Waals surface area contributed by atoms with Gasteiger partial charge in [0.2, 0.25) is 11.9 Å². The average Bonchev–Trinajstić information content (AvgIpc) is 2.84. The maximum Gasteiger partial charge on any atom is 0.417 e. The zero-order chi connectivity index (χ0) is 24.3. The summed E-state index contributed by atoms with van der Waals surface area (Å²) in [6.45, 7) is 5.54. The van der Waals surface area contributed by atoms with Gasteiger partial charge < -0.3 is 30.3 Å². The molecule has 0 aromatic carbocycles. The minimum atomic E-state index is -4.71. The van der Waals surface area contributed by atoms with E-state index in [4.69, 9.17) is 15.2 Å². The van der Waals surface area contributed by atoms with Crippen LogP contribution in [0.25, 0.3) is 11.3 Å². The summed E-state index contributed by atoms with van der Waals surface area (Å²) in [6.07, 6.45) is -3.65. The predicted octanol–water partition coefficient (Wildman–Crippen LogP) is 1.52. The Bertz CT molecular complexity index is 987. The lowest BCUT2D eigenvalue weighted by atomic mass is 10.1. The van der Waals surface area contributed by atoms with E-state index in [0.29, 0.717) is 64.4 Å². The molecule has 2 aliphatic heterocycles. The van der Waals surface area contributed by atoms with Gasteiger partial charge in [-0.2, -0.15) is 18.2 Å². The molecule has 0 aliphatic carbocycles. The van der Waals surface area contributed by atoms with Crippen LogP contribution >= 0.6 is 0 Å². The molecule has 2 fully saturated rings. The van der Waals surface area contributed by atoms with E-state index in [1.807, 2.05) is 9.80 Å². The minimum Gasteiger partial charge on any atom is -0.378 e. The summed E-state index contributed by atoms with van der Waals surface area (Å²) in [7, 11) is 0. The molecule has 0 bridgehead atoms. The van der Waals surface area contributed by atoms with E-state index in [0.717, 1.165) is 12.3 Å². The number of anilines is 3. The fourth-order valence-corrected chi connectivity index (χ4v) is 3.62. The average molecular weight is 481 g/mol. The van der Waals surface area contributed by atoms with Gasteiger partial charge in [0, 0.05) is 44.0 Å². The lowest BCUT2D eigenvalue weighted by Gasteiger charge is -2.31. The molecule has 0 saturated carbocycles. The number of rotatable bonds is 5. The summed E-state index contributed by atoms with van der Waals surface area (Å²) < 4.78 is 52.9. The SMILES string of the molecule is C[C@@H](N)C(=O)Nc1cc(C(F)(F)F)c(-c2cc(N3CCOCC3)nc(N3CCOCC3)n2)cn1. The summed E-state index contributed by atoms with van der Waals surface area (Å²) in [4.78, 5) is 28.8. The Kier molecular flexibility index (Phi) is 7.14. The van der Waals surface area contributed by atoms with E-state index in [2.05, 4.69) is 20.3 Å². The molecule has 13 heteroatoms. The molecule has 2 saturated heterocycles. The van der Waals surface area contributed by atoms with Crippen LogP contribution in [0.2, 0.25) is 0 Å². The van der Waals surface area contributed by atoms with Crippen molar-refractivity contribution in [3.8, 4) is 11.3 Å². The van der Waals surface area contributed by atoms with Crippen LogP contribution in [0, 0.1) is 0 Å². The van der Waals surface area contributed by atoms with Crippen LogP contribution in [0.3, 0.4) is 0 Å². The van der Waals surface area contributed by atoms with Crippen molar-refractivity contribution < 1.29 is 27.4 Å². The number of morpholine rings is 2. The number of hydrogen-bond acceptors (Lipinski definition) is 9. The number of halogens is 3. The Morgan fingerprint density at radius 3 is 2.26 bits per heavy atom. The van der Waals surface area contributed by atoms with Gasteiger partial charge in [-0.15, -0.1) is 0 Å². The molecule has 0 unspecified atom stereocenters. The van der Waals surface area contributed by atoms with Crippen molar-refractivity contribution in [2.75, 3.05) is 67.7 Å². The number of amides is 1. The molecule has 3 N–H and O–H groups in total. The Hall–Kier alpha value is -3.03. The second-order valence-corrected chi connectivity index (χ2v) is 8.00. The molecule has 184 valence electrons. The van der Waals surface area contributed by atoms with Gasteiger partial charge in [-0.1, -0.05) is 0 Å². The van der Waals surface area contributed by atoms with Gasteiger partial charge in [-0.05, 0) is 13.0 Å². The first-order valence-electron chi connectivity index (χ1n) is 10.9. The van der Waals surface area contributed by atoms with Gasteiger partial charge in [0.25, 0.3) is 0 Å². The molecule has 2 aliphatic rings. The lowest BCUT2D eigenvalue weighted by Crippen LogP contribution is -2.39. The topological polar surface area (TPSA) is 119 Å². The van der Waals surface area contributed by atoms with Crippen LogP contribution in [0.4, 0.5) is 30.8 Å². The van der Waals surface area contributed by atoms with Gasteiger partial charge >= 0.3 is 6.18 Å². The number of pyridine rings is 1. The summed E-state index contributed by atoms with van der Waals surface area (Å²) in [5, 5.41) is 2.31. The normalized spacial score (nSPS) is 18.0. The highest BCUT2D eigenvalue weighted by atomic mass is 19.4. The fourth-order valence-electron chi connectivity index (χ4n) is 3.62. The molecule has 1 amide bonds. The lowest BCUT2D eigenvalue weighted by molar-refractivity contribution is -0.137. The minimum absolute atomic E-state index is 0.0860. The molecule has 0 radical (unpaired) electrons. The zero-order valence-electron chi connectivity index (χ0n) is 18.6. The molecular weight excluding hydrogens is 455 g/mol. The van der Waals surface area contributed by atoms with E-state index in [-0.39, 0.29) is 17.1 Å². The summed E-state index contributed by atoms with van der Waals surface area (Å²) in [5.41, 5.74) is 4.40. The third-order valence-corrected chi connectivity index (χ3v) is 5.48. The molecule has 10 nitrogen and oxygen atoms in total. The second kappa shape index (κ2) is 10.1. The third kappa shape index (κ3) is 5.54. The Morgan fingerprint density at radius 1 is 1.06 bits per heavy atom. The smallest absolute Gasteiger partial charge is 0.378 e. The predicted molar refractivity (Wildman–Crippen MR) is 119 cm³/mol. The van der Waals surface area contributed by atoms with Crippen molar-refractivity contribution in [1.29, 1.82) is 0 Å². The van der Waals surface area contributed by atoms with E-state index in [1.54, 1.807) is 0 Å². The number of hydrogen-bond donors (Lipinski definition) is 2.